The van der Waals surface area contributed by atoms with Gasteiger partial charge in [-0.05, 0) is 25.0 Å². The summed E-state index contributed by atoms with van der Waals surface area (Å²) < 4.78 is 40.5. The van der Waals surface area contributed by atoms with Crippen molar-refractivity contribution in [3.8, 4) is 17.2 Å². The quantitative estimate of drug-likeness (QED) is 0.796. The van der Waals surface area contributed by atoms with E-state index >= 15 is 0 Å². The molecule has 2 rings (SSSR count). The van der Waals surface area contributed by atoms with Crippen LogP contribution in [0.2, 0.25) is 0 Å². The lowest BCUT2D eigenvalue weighted by Gasteiger charge is -2.31. The van der Waals surface area contributed by atoms with Gasteiger partial charge >= 0.3 is 0 Å². The molecule has 1 aliphatic heterocycles. The van der Waals surface area contributed by atoms with Crippen LogP contribution in [0.25, 0.3) is 0 Å². The molecule has 0 saturated carbocycles. The summed E-state index contributed by atoms with van der Waals surface area (Å²) in [6.45, 7) is 0.754. The molecule has 9 heteroatoms. The molecule has 1 aliphatic rings. The number of hydrogen-bond acceptors (Lipinski definition) is 6. The van der Waals surface area contributed by atoms with Gasteiger partial charge < -0.3 is 19.5 Å². The SMILES string of the molecule is COc1cc(C(=O)N[C@@H]2CCCN(S(C)(=O)=O)C2)cc(OC)c1OC. The first-order valence-corrected chi connectivity index (χ1v) is 9.71. The Bertz CT molecular complexity index is 709. The Labute approximate surface area is 148 Å². The Morgan fingerprint density at radius 1 is 1.16 bits per heavy atom. The smallest absolute Gasteiger partial charge is 0.251 e. The monoisotopic (exact) mass is 372 g/mol. The molecule has 1 N–H and O–H groups in total. The number of carbonyl (C=O) groups excluding carboxylic acids is 1. The summed E-state index contributed by atoms with van der Waals surface area (Å²) in [6, 6.07) is 2.89. The maximum absolute atomic E-state index is 12.6. The largest absolute Gasteiger partial charge is 0.493 e. The second-order valence-corrected chi connectivity index (χ2v) is 7.83. The van der Waals surface area contributed by atoms with Crippen LogP contribution in [0.1, 0.15) is 23.2 Å². The second kappa shape index (κ2) is 7.92. The molecule has 25 heavy (non-hydrogen) atoms. The molecule has 1 atom stereocenters. The molecule has 1 fully saturated rings. The van der Waals surface area contributed by atoms with Crippen LogP contribution in [0.15, 0.2) is 12.1 Å². The van der Waals surface area contributed by atoms with Crippen molar-refractivity contribution in [3.63, 3.8) is 0 Å². The van der Waals surface area contributed by atoms with E-state index in [4.69, 9.17) is 14.2 Å². The predicted octanol–water partition coefficient (Wildman–Crippen LogP) is 0.866. The molecule has 8 nitrogen and oxygen atoms in total. The van der Waals surface area contributed by atoms with Crippen LogP contribution >= 0.6 is 0 Å². The Kier molecular flexibility index (Phi) is 6.12. The van der Waals surface area contributed by atoms with Gasteiger partial charge in [0.05, 0.1) is 27.6 Å². The number of amides is 1. The van der Waals surface area contributed by atoms with Crippen molar-refractivity contribution >= 4 is 15.9 Å². The van der Waals surface area contributed by atoms with Gasteiger partial charge in [0.25, 0.3) is 5.91 Å². The van der Waals surface area contributed by atoms with Crippen LogP contribution in [-0.4, -0.2) is 65.3 Å². The maximum Gasteiger partial charge on any atom is 0.251 e. The summed E-state index contributed by atoms with van der Waals surface area (Å²) >= 11 is 0. The van der Waals surface area contributed by atoms with Crippen LogP contribution in [0.4, 0.5) is 0 Å². The molecule has 1 amide bonds. The minimum atomic E-state index is -3.26. The zero-order valence-electron chi connectivity index (χ0n) is 14.9. The van der Waals surface area contributed by atoms with Gasteiger partial charge in [0.2, 0.25) is 15.8 Å². The number of nitrogens with one attached hydrogen (secondary N) is 1. The number of benzene rings is 1. The molecule has 0 aliphatic carbocycles. The minimum Gasteiger partial charge on any atom is -0.493 e. The Morgan fingerprint density at radius 3 is 2.24 bits per heavy atom. The van der Waals surface area contributed by atoms with E-state index in [0.717, 1.165) is 6.42 Å². The van der Waals surface area contributed by atoms with E-state index in [0.29, 0.717) is 35.8 Å². The summed E-state index contributed by atoms with van der Waals surface area (Å²) in [6.07, 6.45) is 2.60. The van der Waals surface area contributed by atoms with Gasteiger partial charge in [-0.15, -0.1) is 0 Å². The first kappa shape index (κ1) is 19.3. The van der Waals surface area contributed by atoms with E-state index in [2.05, 4.69) is 5.32 Å². The van der Waals surface area contributed by atoms with Crippen LogP contribution in [0.5, 0.6) is 17.2 Å². The molecule has 140 valence electrons. The molecule has 0 aromatic heterocycles. The van der Waals surface area contributed by atoms with Crippen molar-refractivity contribution in [3.05, 3.63) is 17.7 Å². The fraction of sp³-hybridized carbons (Fsp3) is 0.562. The van der Waals surface area contributed by atoms with E-state index in [1.54, 1.807) is 12.1 Å². The standard InChI is InChI=1S/C16H24N2O6S/c1-22-13-8-11(9-14(23-2)15(13)24-3)16(19)17-12-6-5-7-18(10-12)25(4,20)21/h8-9,12H,5-7,10H2,1-4H3,(H,17,19)/t12-/m1/s1. The lowest BCUT2D eigenvalue weighted by molar-refractivity contribution is 0.0920. The van der Waals surface area contributed by atoms with E-state index in [1.807, 2.05) is 0 Å². The third kappa shape index (κ3) is 4.55. The number of sulfonamides is 1. The molecule has 0 radical (unpaired) electrons. The van der Waals surface area contributed by atoms with Crippen molar-refractivity contribution in [1.29, 1.82) is 0 Å². The second-order valence-electron chi connectivity index (χ2n) is 5.85. The summed E-state index contributed by atoms with van der Waals surface area (Å²) in [5.74, 6) is 0.851. The fourth-order valence-electron chi connectivity index (χ4n) is 2.84. The Balaban J connectivity index is 2.18. The van der Waals surface area contributed by atoms with Crippen molar-refractivity contribution in [2.24, 2.45) is 0 Å². The molecular weight excluding hydrogens is 348 g/mol. The highest BCUT2D eigenvalue weighted by Crippen LogP contribution is 2.38. The molecule has 1 aromatic carbocycles. The highest BCUT2D eigenvalue weighted by Gasteiger charge is 2.27. The van der Waals surface area contributed by atoms with Gasteiger partial charge in [0.1, 0.15) is 0 Å². The molecular formula is C16H24N2O6S. The zero-order chi connectivity index (χ0) is 18.6. The first-order chi connectivity index (χ1) is 11.8. The Hall–Kier alpha value is -2.00. The topological polar surface area (TPSA) is 94.2 Å². The fourth-order valence-corrected chi connectivity index (χ4v) is 3.75. The maximum atomic E-state index is 12.6. The van der Waals surface area contributed by atoms with Gasteiger partial charge in [0, 0.05) is 24.7 Å². The third-order valence-electron chi connectivity index (χ3n) is 4.12. The third-order valence-corrected chi connectivity index (χ3v) is 5.38. The number of methoxy groups -OCH3 is 3. The van der Waals surface area contributed by atoms with Crippen molar-refractivity contribution in [1.82, 2.24) is 9.62 Å². The van der Waals surface area contributed by atoms with Crippen LogP contribution in [0.3, 0.4) is 0 Å². The first-order valence-electron chi connectivity index (χ1n) is 7.86. The molecule has 0 bridgehead atoms. The van der Waals surface area contributed by atoms with E-state index in [-0.39, 0.29) is 18.5 Å². The number of ether oxygens (including phenoxy) is 3. The number of piperidine rings is 1. The van der Waals surface area contributed by atoms with Crippen LogP contribution in [-0.2, 0) is 10.0 Å². The molecule has 1 aromatic rings. The van der Waals surface area contributed by atoms with Crippen molar-refractivity contribution in [2.75, 3.05) is 40.7 Å². The summed E-state index contributed by atoms with van der Waals surface area (Å²) in [5, 5.41) is 2.88. The van der Waals surface area contributed by atoms with Gasteiger partial charge in [-0.25, -0.2) is 12.7 Å². The summed E-state index contributed by atoms with van der Waals surface area (Å²) in [4.78, 5) is 12.6. The van der Waals surface area contributed by atoms with Gasteiger partial charge in [-0.1, -0.05) is 0 Å². The summed E-state index contributed by atoms with van der Waals surface area (Å²) in [7, 11) is 1.18. The van der Waals surface area contributed by atoms with Gasteiger partial charge in [-0.2, -0.15) is 0 Å². The average molecular weight is 372 g/mol. The van der Waals surface area contributed by atoms with E-state index in [1.165, 1.54) is 31.9 Å². The molecule has 1 saturated heterocycles. The highest BCUT2D eigenvalue weighted by molar-refractivity contribution is 7.88. The van der Waals surface area contributed by atoms with E-state index < -0.39 is 10.0 Å². The van der Waals surface area contributed by atoms with Crippen molar-refractivity contribution in [2.45, 2.75) is 18.9 Å². The van der Waals surface area contributed by atoms with Gasteiger partial charge in [-0.3, -0.25) is 4.79 Å². The minimum absolute atomic E-state index is 0.241. The lowest BCUT2D eigenvalue weighted by atomic mass is 10.1. The highest BCUT2D eigenvalue weighted by atomic mass is 32.2. The van der Waals surface area contributed by atoms with E-state index in [9.17, 15) is 13.2 Å². The molecule has 0 unspecified atom stereocenters. The number of nitrogens with zero attached hydrogens (tertiary/aromatic N) is 1. The Morgan fingerprint density at radius 2 is 1.76 bits per heavy atom. The normalized spacial score (nSPS) is 18.5. The summed E-state index contributed by atoms with van der Waals surface area (Å²) in [5.41, 5.74) is 0.353. The predicted molar refractivity (Wildman–Crippen MR) is 93.0 cm³/mol. The number of carbonyl (C=O) groups is 1. The van der Waals surface area contributed by atoms with Gasteiger partial charge in [0.15, 0.2) is 11.5 Å². The zero-order valence-corrected chi connectivity index (χ0v) is 15.7. The van der Waals surface area contributed by atoms with Crippen LogP contribution in [0, 0.1) is 0 Å². The molecule has 0 spiro atoms. The molecule has 1 heterocycles. The average Bonchev–Trinajstić information content (AvgIpc) is 2.59. The number of hydrogen-bond donors (Lipinski definition) is 1. The van der Waals surface area contributed by atoms with Crippen molar-refractivity contribution < 1.29 is 27.4 Å². The van der Waals surface area contributed by atoms with Crippen LogP contribution < -0.4 is 19.5 Å². The number of rotatable bonds is 6. The lowest BCUT2D eigenvalue weighted by Crippen LogP contribution is -2.49.